The molecule has 1 radical (unpaired) electrons. The molecule has 1 fully saturated rings. The molecule has 0 saturated carbocycles. The fraction of sp³-hybridized carbons (Fsp3) is 0. The van der Waals surface area contributed by atoms with E-state index in [0.717, 1.165) is 0 Å². The zero-order chi connectivity index (χ0) is 6.15. The van der Waals surface area contributed by atoms with Gasteiger partial charge >= 0.3 is 52.3 Å². The normalized spacial score (nSPS) is 18.2. The number of nitrogens with one attached hydrogen (secondary N) is 2. The van der Waals surface area contributed by atoms with Crippen molar-refractivity contribution in [3.05, 3.63) is 0 Å². The molecule has 0 aromatic carbocycles. The van der Waals surface area contributed by atoms with Gasteiger partial charge in [-0.3, -0.25) is 0 Å². The van der Waals surface area contributed by atoms with Gasteiger partial charge in [-0.25, -0.2) is 0 Å². The topological polar surface area (TPSA) is 58.2 Å². The molecule has 0 atom stereocenters. The summed E-state index contributed by atoms with van der Waals surface area (Å²) in [4.78, 5) is 20.5. The van der Waals surface area contributed by atoms with Crippen LogP contribution in [0.1, 0.15) is 0 Å². The molecule has 0 aliphatic carbocycles. The van der Waals surface area contributed by atoms with Crippen LogP contribution < -0.4 is 10.6 Å². The van der Waals surface area contributed by atoms with Crippen LogP contribution in [0.2, 0.25) is 0 Å². The molecule has 1 aliphatic rings. The van der Waals surface area contributed by atoms with Crippen LogP contribution in [-0.4, -0.2) is 32.1 Å². The van der Waals surface area contributed by atoms with Gasteiger partial charge in [0.15, 0.2) is 0 Å². The van der Waals surface area contributed by atoms with Crippen LogP contribution in [0.3, 0.4) is 0 Å². The van der Waals surface area contributed by atoms with Gasteiger partial charge in [0.1, 0.15) is 0 Å². The van der Waals surface area contributed by atoms with Crippen LogP contribution in [0.5, 0.6) is 0 Å². The molecule has 0 spiro atoms. The van der Waals surface area contributed by atoms with E-state index in [0.29, 0.717) is 4.67 Å². The van der Waals surface area contributed by atoms with Crippen LogP contribution >= 0.6 is 0 Å². The summed E-state index contributed by atoms with van der Waals surface area (Å²) in [5.41, 5.74) is 0. The molecule has 1 saturated heterocycles. The number of amides is 2. The van der Waals surface area contributed by atoms with Gasteiger partial charge in [-0.05, 0) is 0 Å². The fourth-order valence-electron chi connectivity index (χ4n) is 0.360. The number of carbonyl (C=O) groups is 2. The Morgan fingerprint density at radius 3 is 1.62 bits per heavy atom. The summed E-state index contributed by atoms with van der Waals surface area (Å²) < 4.78 is 0.438. The molecule has 5 heteroatoms. The molecule has 0 bridgehead atoms. The van der Waals surface area contributed by atoms with E-state index in [4.69, 9.17) is 0 Å². The monoisotopic (exact) mass is 179 g/mol. The Bertz CT molecular complexity index is 158. The second-order valence-corrected chi connectivity index (χ2v) is 2.20. The van der Waals surface area contributed by atoms with Crippen molar-refractivity contribution in [3.8, 4) is 0 Å². The predicted molar refractivity (Wildman–Crippen MR) is 28.4 cm³/mol. The molecular weight excluding hydrogens is 175 g/mol. The van der Waals surface area contributed by atoms with Gasteiger partial charge in [0.2, 0.25) is 0 Å². The second kappa shape index (κ2) is 1.68. The quantitative estimate of drug-likeness (QED) is 0.311. The fourth-order valence-corrected chi connectivity index (χ4v) is 0.786. The second-order valence-electron chi connectivity index (χ2n) is 1.26. The van der Waals surface area contributed by atoms with Crippen LogP contribution in [-0.2, 0) is 9.59 Å². The average molecular weight is 178 g/mol. The molecule has 4 nitrogen and oxygen atoms in total. The standard InChI is InChI=1S/C3H3N2O2Se/c6-1-2(7)5-3(8)4-1/h8H,(H,4,6)(H,5,7). The summed E-state index contributed by atoms with van der Waals surface area (Å²) in [6.07, 6.45) is 0. The van der Waals surface area contributed by atoms with E-state index in [1.54, 1.807) is 0 Å². The van der Waals surface area contributed by atoms with E-state index in [2.05, 4.69) is 10.6 Å². The first-order valence-electron chi connectivity index (χ1n) is 1.88. The summed E-state index contributed by atoms with van der Waals surface area (Å²) in [7, 11) is 0. The number of carbonyl (C=O) groups excluding carboxylic acids is 2. The Kier molecular flexibility index (Phi) is 1.15. The van der Waals surface area contributed by atoms with Crippen LogP contribution in [0.25, 0.3) is 0 Å². The molecule has 1 aliphatic heterocycles. The van der Waals surface area contributed by atoms with Gasteiger partial charge in [0.05, 0.1) is 0 Å². The van der Waals surface area contributed by atoms with Gasteiger partial charge in [-0.2, -0.15) is 0 Å². The van der Waals surface area contributed by atoms with Crippen molar-refractivity contribution < 1.29 is 9.59 Å². The minimum atomic E-state index is -0.597. The molecular formula is C3H3N2O2Se. The molecule has 0 aromatic heterocycles. The molecule has 8 heavy (non-hydrogen) atoms. The molecule has 2 amide bonds. The first-order valence-corrected chi connectivity index (χ1v) is 2.82. The Morgan fingerprint density at radius 1 is 1.12 bits per heavy atom. The third-order valence-corrected chi connectivity index (χ3v) is 1.14. The average Bonchev–Trinajstić information content (AvgIpc) is 1.85. The number of hydrogen-bond acceptors (Lipinski definition) is 2. The zero-order valence-electron chi connectivity index (χ0n) is 3.76. The summed E-state index contributed by atoms with van der Waals surface area (Å²) in [5, 5.41) is 4.51. The van der Waals surface area contributed by atoms with Gasteiger partial charge in [0, 0.05) is 0 Å². The van der Waals surface area contributed by atoms with Crippen molar-refractivity contribution in [3.63, 3.8) is 0 Å². The number of rotatable bonds is 0. The van der Waals surface area contributed by atoms with Crippen molar-refractivity contribution in [1.82, 2.24) is 10.6 Å². The van der Waals surface area contributed by atoms with Crippen LogP contribution in [0.15, 0.2) is 0 Å². The molecule has 43 valence electrons. The third kappa shape index (κ3) is 0.778. The Labute approximate surface area is 53.0 Å². The van der Waals surface area contributed by atoms with E-state index < -0.39 is 11.8 Å². The zero-order valence-corrected chi connectivity index (χ0v) is 5.64. The van der Waals surface area contributed by atoms with Crippen molar-refractivity contribution in [1.29, 1.82) is 0 Å². The van der Waals surface area contributed by atoms with Crippen molar-refractivity contribution >= 4 is 32.1 Å². The van der Waals surface area contributed by atoms with E-state index in [1.165, 1.54) is 0 Å². The first kappa shape index (κ1) is 5.47. The molecule has 2 N–H and O–H groups in total. The van der Waals surface area contributed by atoms with Crippen LogP contribution in [0.4, 0.5) is 0 Å². The van der Waals surface area contributed by atoms with E-state index in [1.807, 2.05) is 15.6 Å². The summed E-state index contributed by atoms with van der Waals surface area (Å²) >= 11 is 2.03. The minimum absolute atomic E-state index is 0.438. The SMILES string of the molecule is O=C1NC(=[SeH])NC1=O. The van der Waals surface area contributed by atoms with Crippen LogP contribution in [0, 0.1) is 0 Å². The maximum absolute atomic E-state index is 10.2. The molecule has 0 unspecified atom stereocenters. The Hall–Kier alpha value is -0.671. The third-order valence-electron chi connectivity index (χ3n) is 0.670. The summed E-state index contributed by atoms with van der Waals surface area (Å²) in [6, 6.07) is 0. The van der Waals surface area contributed by atoms with Gasteiger partial charge in [0.25, 0.3) is 0 Å². The van der Waals surface area contributed by atoms with E-state index in [9.17, 15) is 9.59 Å². The van der Waals surface area contributed by atoms with Gasteiger partial charge in [-0.1, -0.05) is 0 Å². The number of hydrogen-bond donors (Lipinski definition) is 2. The van der Waals surface area contributed by atoms with Gasteiger partial charge < -0.3 is 0 Å². The van der Waals surface area contributed by atoms with Crippen molar-refractivity contribution in [2.45, 2.75) is 0 Å². The Morgan fingerprint density at radius 2 is 1.50 bits per heavy atom. The first-order chi connectivity index (χ1) is 3.70. The van der Waals surface area contributed by atoms with Gasteiger partial charge in [-0.15, -0.1) is 0 Å². The molecule has 1 heterocycles. The molecule has 0 aromatic rings. The summed E-state index contributed by atoms with van der Waals surface area (Å²) in [6.45, 7) is 0. The Balaban J connectivity index is 2.79. The molecule has 1 rings (SSSR count). The van der Waals surface area contributed by atoms with E-state index >= 15 is 0 Å². The summed E-state index contributed by atoms with van der Waals surface area (Å²) in [5.74, 6) is -1.19. The predicted octanol–water partition coefficient (Wildman–Crippen LogP) is -2.78. The van der Waals surface area contributed by atoms with Crippen molar-refractivity contribution in [2.24, 2.45) is 0 Å². The van der Waals surface area contributed by atoms with E-state index in [-0.39, 0.29) is 0 Å². The van der Waals surface area contributed by atoms with Crippen molar-refractivity contribution in [2.75, 3.05) is 0 Å². The maximum atomic E-state index is 10.2.